The minimum Gasteiger partial charge on any atom is -0.380 e. The normalized spacial score (nSPS) is 25.9. The largest absolute Gasteiger partial charge is 0.380 e. The van der Waals surface area contributed by atoms with Crippen LogP contribution in [0.3, 0.4) is 0 Å². The molecule has 4 nitrogen and oxygen atoms in total. The molecule has 1 fully saturated rings. The lowest BCUT2D eigenvalue weighted by Crippen LogP contribution is -2.48. The topological polar surface area (TPSA) is 55.6 Å². The predicted octanol–water partition coefficient (Wildman–Crippen LogP) is -0.0290. The van der Waals surface area contributed by atoms with Crippen molar-refractivity contribution < 1.29 is 9.53 Å². The van der Waals surface area contributed by atoms with Gasteiger partial charge in [-0.2, -0.15) is 0 Å². The van der Waals surface area contributed by atoms with Gasteiger partial charge in [-0.15, -0.1) is 0 Å². The molecule has 2 unspecified atom stereocenters. The number of nitrogens with zero attached hydrogens (tertiary/aromatic N) is 1. The third kappa shape index (κ3) is 2.67. The van der Waals surface area contributed by atoms with E-state index in [9.17, 15) is 4.79 Å². The minimum atomic E-state index is -0.270. The summed E-state index contributed by atoms with van der Waals surface area (Å²) in [5.74, 6) is -0.270. The van der Waals surface area contributed by atoms with Crippen LogP contribution in [-0.4, -0.2) is 43.2 Å². The van der Waals surface area contributed by atoms with Crippen LogP contribution in [0.25, 0.3) is 0 Å². The fourth-order valence-electron chi connectivity index (χ4n) is 1.56. The first kappa shape index (κ1) is 10.5. The van der Waals surface area contributed by atoms with Gasteiger partial charge in [0.25, 0.3) is 0 Å². The van der Waals surface area contributed by atoms with Gasteiger partial charge < -0.3 is 10.5 Å². The molecule has 0 saturated carbocycles. The fourth-order valence-corrected chi connectivity index (χ4v) is 1.56. The molecule has 0 aromatic rings. The van der Waals surface area contributed by atoms with E-state index in [-0.39, 0.29) is 11.9 Å². The van der Waals surface area contributed by atoms with Crippen LogP contribution in [0.5, 0.6) is 0 Å². The molecule has 0 bridgehead atoms. The first-order chi connectivity index (χ1) is 6.13. The van der Waals surface area contributed by atoms with Gasteiger partial charge in [-0.1, -0.05) is 0 Å². The van der Waals surface area contributed by atoms with E-state index >= 15 is 0 Å². The average Bonchev–Trinajstić information content (AvgIpc) is 2.17. The summed E-state index contributed by atoms with van der Waals surface area (Å²) in [4.78, 5) is 12.9. The standard InChI is InChI=1S/C9H18N2O2/c1-7(9(10)12)11(2)8-4-3-5-13-6-8/h7-8H,3-6H2,1-2H3,(H2,10,12). The summed E-state index contributed by atoms with van der Waals surface area (Å²) in [6, 6.07) is 0.142. The number of amides is 1. The third-order valence-corrected chi connectivity index (χ3v) is 2.73. The average molecular weight is 186 g/mol. The quantitative estimate of drug-likeness (QED) is 0.673. The SMILES string of the molecule is CC(C(N)=O)N(C)C1CCCOC1. The molecule has 13 heavy (non-hydrogen) atoms. The van der Waals surface area contributed by atoms with E-state index in [0.29, 0.717) is 12.6 Å². The maximum absolute atomic E-state index is 10.9. The Kier molecular flexibility index (Phi) is 3.69. The van der Waals surface area contributed by atoms with Gasteiger partial charge in [0.15, 0.2) is 0 Å². The Morgan fingerprint density at radius 3 is 2.85 bits per heavy atom. The summed E-state index contributed by atoms with van der Waals surface area (Å²) < 4.78 is 5.34. The number of hydrogen-bond donors (Lipinski definition) is 1. The Hall–Kier alpha value is -0.610. The van der Waals surface area contributed by atoms with Gasteiger partial charge in [-0.05, 0) is 26.8 Å². The van der Waals surface area contributed by atoms with Crippen molar-refractivity contribution in [2.24, 2.45) is 5.73 Å². The lowest BCUT2D eigenvalue weighted by Gasteiger charge is -2.33. The number of ether oxygens (including phenoxy) is 1. The molecule has 1 heterocycles. The highest BCUT2D eigenvalue weighted by atomic mass is 16.5. The number of rotatable bonds is 3. The summed E-state index contributed by atoms with van der Waals surface area (Å²) in [7, 11) is 1.93. The molecule has 2 atom stereocenters. The molecule has 0 spiro atoms. The molecule has 2 N–H and O–H groups in total. The van der Waals surface area contributed by atoms with E-state index in [1.165, 1.54) is 0 Å². The second-order valence-electron chi connectivity index (χ2n) is 3.61. The molecule has 1 amide bonds. The van der Waals surface area contributed by atoms with Gasteiger partial charge >= 0.3 is 0 Å². The van der Waals surface area contributed by atoms with Crippen LogP contribution in [0.4, 0.5) is 0 Å². The van der Waals surface area contributed by atoms with E-state index < -0.39 is 0 Å². The van der Waals surface area contributed by atoms with Crippen molar-refractivity contribution in [3.8, 4) is 0 Å². The van der Waals surface area contributed by atoms with Gasteiger partial charge in [-0.25, -0.2) is 0 Å². The van der Waals surface area contributed by atoms with E-state index in [2.05, 4.69) is 0 Å². The molecular formula is C9H18N2O2. The molecule has 1 saturated heterocycles. The first-order valence-electron chi connectivity index (χ1n) is 4.72. The van der Waals surface area contributed by atoms with E-state index in [0.717, 1.165) is 19.4 Å². The predicted molar refractivity (Wildman–Crippen MR) is 50.3 cm³/mol. The highest BCUT2D eigenvalue weighted by molar-refractivity contribution is 5.79. The van der Waals surface area contributed by atoms with Crippen LogP contribution in [-0.2, 0) is 9.53 Å². The van der Waals surface area contributed by atoms with Crippen molar-refractivity contribution in [2.45, 2.75) is 31.8 Å². The molecule has 1 aliphatic heterocycles. The smallest absolute Gasteiger partial charge is 0.234 e. The van der Waals surface area contributed by atoms with Gasteiger partial charge in [0.2, 0.25) is 5.91 Å². The molecule has 0 aromatic heterocycles. The first-order valence-corrected chi connectivity index (χ1v) is 4.72. The minimum absolute atomic E-state index is 0.202. The van der Waals surface area contributed by atoms with Crippen molar-refractivity contribution in [1.82, 2.24) is 4.90 Å². The van der Waals surface area contributed by atoms with E-state index in [1.54, 1.807) is 0 Å². The summed E-state index contributed by atoms with van der Waals surface area (Å²) >= 11 is 0. The summed E-state index contributed by atoms with van der Waals surface area (Å²) in [5, 5.41) is 0. The highest BCUT2D eigenvalue weighted by Gasteiger charge is 2.24. The number of nitrogens with two attached hydrogens (primary N) is 1. The Labute approximate surface area is 79.0 Å². The zero-order valence-corrected chi connectivity index (χ0v) is 8.32. The van der Waals surface area contributed by atoms with Gasteiger partial charge in [-0.3, -0.25) is 9.69 Å². The molecule has 1 rings (SSSR count). The van der Waals surface area contributed by atoms with Gasteiger partial charge in [0.05, 0.1) is 12.6 Å². The Bertz CT molecular complexity index is 178. The van der Waals surface area contributed by atoms with Crippen LogP contribution in [0.1, 0.15) is 19.8 Å². The Balaban J connectivity index is 2.44. The number of carbonyl (C=O) groups is 1. The molecule has 4 heteroatoms. The van der Waals surface area contributed by atoms with E-state index in [4.69, 9.17) is 10.5 Å². The van der Waals surface area contributed by atoms with Crippen LogP contribution < -0.4 is 5.73 Å². The molecule has 0 aliphatic carbocycles. The molecular weight excluding hydrogens is 168 g/mol. The van der Waals surface area contributed by atoms with Crippen LogP contribution in [0.15, 0.2) is 0 Å². The fraction of sp³-hybridized carbons (Fsp3) is 0.889. The van der Waals surface area contributed by atoms with Crippen molar-refractivity contribution in [2.75, 3.05) is 20.3 Å². The van der Waals surface area contributed by atoms with Crippen LogP contribution >= 0.6 is 0 Å². The second-order valence-corrected chi connectivity index (χ2v) is 3.61. The Morgan fingerprint density at radius 1 is 1.69 bits per heavy atom. The zero-order chi connectivity index (χ0) is 9.84. The van der Waals surface area contributed by atoms with Crippen molar-refractivity contribution >= 4 is 5.91 Å². The number of primary amides is 1. The lowest BCUT2D eigenvalue weighted by molar-refractivity contribution is -0.123. The van der Waals surface area contributed by atoms with Crippen molar-refractivity contribution in [3.63, 3.8) is 0 Å². The number of hydrogen-bond acceptors (Lipinski definition) is 3. The Morgan fingerprint density at radius 2 is 2.38 bits per heavy atom. The zero-order valence-electron chi connectivity index (χ0n) is 8.32. The molecule has 1 aliphatic rings. The maximum Gasteiger partial charge on any atom is 0.234 e. The second kappa shape index (κ2) is 4.58. The van der Waals surface area contributed by atoms with Crippen LogP contribution in [0, 0.1) is 0 Å². The van der Waals surface area contributed by atoms with Gasteiger partial charge in [0, 0.05) is 12.6 Å². The lowest BCUT2D eigenvalue weighted by atomic mass is 10.1. The van der Waals surface area contributed by atoms with E-state index in [1.807, 2.05) is 18.9 Å². The van der Waals surface area contributed by atoms with Gasteiger partial charge in [0.1, 0.15) is 0 Å². The van der Waals surface area contributed by atoms with Crippen molar-refractivity contribution in [1.29, 1.82) is 0 Å². The van der Waals surface area contributed by atoms with Crippen LogP contribution in [0.2, 0.25) is 0 Å². The number of likely N-dealkylation sites (N-methyl/N-ethyl adjacent to an activating group) is 1. The molecule has 0 radical (unpaired) electrons. The summed E-state index contributed by atoms with van der Waals surface area (Å²) in [6.45, 7) is 3.39. The maximum atomic E-state index is 10.9. The highest BCUT2D eigenvalue weighted by Crippen LogP contribution is 2.13. The summed E-state index contributed by atoms with van der Waals surface area (Å²) in [6.07, 6.45) is 2.16. The summed E-state index contributed by atoms with van der Waals surface area (Å²) in [5.41, 5.74) is 5.22. The molecule has 0 aromatic carbocycles. The molecule has 76 valence electrons. The van der Waals surface area contributed by atoms with Crippen molar-refractivity contribution in [3.05, 3.63) is 0 Å². The number of carbonyl (C=O) groups excluding carboxylic acids is 1. The third-order valence-electron chi connectivity index (χ3n) is 2.73. The monoisotopic (exact) mass is 186 g/mol.